The fraction of sp³-hybridized carbons (Fsp3) is 0.429. The number of rotatable bonds is 5. The van der Waals surface area contributed by atoms with Crippen LogP contribution in [0.3, 0.4) is 0 Å². The van der Waals surface area contributed by atoms with Crippen molar-refractivity contribution >= 4 is 5.82 Å². The summed E-state index contributed by atoms with van der Waals surface area (Å²) in [6.45, 7) is 2.78. The average Bonchev–Trinajstić information content (AvgIpc) is 3.11. The Morgan fingerprint density at radius 1 is 1.37 bits per heavy atom. The fourth-order valence-electron chi connectivity index (χ4n) is 2.57. The zero-order valence-corrected chi connectivity index (χ0v) is 10.8. The summed E-state index contributed by atoms with van der Waals surface area (Å²) in [4.78, 5) is 2.34. The van der Waals surface area contributed by atoms with Gasteiger partial charge in [0.15, 0.2) is 5.82 Å². The lowest BCUT2D eigenvalue weighted by atomic mass is 10.2. The van der Waals surface area contributed by atoms with Gasteiger partial charge in [0, 0.05) is 25.3 Å². The van der Waals surface area contributed by atoms with Crippen LogP contribution in [0, 0.1) is 0 Å². The number of furan rings is 1. The molecule has 0 saturated carbocycles. The summed E-state index contributed by atoms with van der Waals surface area (Å²) in [5.41, 5.74) is 0. The minimum absolute atomic E-state index is 0.492. The summed E-state index contributed by atoms with van der Waals surface area (Å²) in [6, 6.07) is 8.36. The molecule has 0 radical (unpaired) electrons. The van der Waals surface area contributed by atoms with Gasteiger partial charge in [-0.25, -0.2) is 0 Å². The molecule has 0 aromatic carbocycles. The van der Waals surface area contributed by atoms with E-state index in [-0.39, 0.29) is 0 Å². The minimum atomic E-state index is 0.492. The fourth-order valence-corrected chi connectivity index (χ4v) is 2.57. The second kappa shape index (κ2) is 5.84. The van der Waals surface area contributed by atoms with Gasteiger partial charge in [-0.3, -0.25) is 0 Å². The van der Waals surface area contributed by atoms with Crippen molar-refractivity contribution < 1.29 is 4.42 Å². The van der Waals surface area contributed by atoms with Crippen molar-refractivity contribution in [2.45, 2.75) is 25.4 Å². The third-order valence-electron chi connectivity index (χ3n) is 3.49. The summed E-state index contributed by atoms with van der Waals surface area (Å²) < 4.78 is 5.31. The lowest BCUT2D eigenvalue weighted by Gasteiger charge is -2.25. The van der Waals surface area contributed by atoms with Crippen molar-refractivity contribution in [3.8, 4) is 0 Å². The van der Waals surface area contributed by atoms with E-state index in [4.69, 9.17) is 4.42 Å². The summed E-state index contributed by atoms with van der Waals surface area (Å²) in [5.74, 6) is 1.95. The van der Waals surface area contributed by atoms with Gasteiger partial charge in [0.25, 0.3) is 0 Å². The lowest BCUT2D eigenvalue weighted by Crippen LogP contribution is -2.38. The molecular weight excluding hydrogens is 240 g/mol. The molecule has 1 fully saturated rings. The zero-order chi connectivity index (χ0) is 12.9. The van der Waals surface area contributed by atoms with Crippen LogP contribution in [0.15, 0.2) is 41.1 Å². The number of hydrogen-bond donors (Lipinski definition) is 1. The molecule has 19 heavy (non-hydrogen) atoms. The van der Waals surface area contributed by atoms with Gasteiger partial charge < -0.3 is 14.6 Å². The molecule has 2 aromatic rings. The van der Waals surface area contributed by atoms with Gasteiger partial charge in [-0.05, 0) is 37.1 Å². The Hall–Kier alpha value is -1.88. The van der Waals surface area contributed by atoms with Gasteiger partial charge in [-0.1, -0.05) is 0 Å². The molecule has 1 saturated heterocycles. The quantitative estimate of drug-likeness (QED) is 0.886. The van der Waals surface area contributed by atoms with E-state index in [1.807, 2.05) is 24.3 Å². The van der Waals surface area contributed by atoms with Gasteiger partial charge in [0.05, 0.1) is 12.8 Å². The molecule has 100 valence electrons. The molecular formula is C14H18N4O. The number of aromatic nitrogens is 2. The molecule has 1 aliphatic rings. The first kappa shape index (κ1) is 12.2. The Bertz CT molecular complexity index is 485. The van der Waals surface area contributed by atoms with E-state index in [1.165, 1.54) is 12.8 Å². The lowest BCUT2D eigenvalue weighted by molar-refractivity contribution is 0.471. The van der Waals surface area contributed by atoms with Crippen LogP contribution in [0.5, 0.6) is 0 Å². The summed E-state index contributed by atoms with van der Waals surface area (Å²) >= 11 is 0. The molecule has 2 aromatic heterocycles. The molecule has 0 aliphatic carbocycles. The molecule has 0 unspecified atom stereocenters. The molecule has 3 heterocycles. The molecule has 5 heteroatoms. The van der Waals surface area contributed by atoms with Crippen molar-refractivity contribution in [3.05, 3.63) is 42.5 Å². The summed E-state index contributed by atoms with van der Waals surface area (Å²) in [6.07, 6.45) is 5.83. The highest BCUT2D eigenvalue weighted by molar-refractivity contribution is 5.39. The maximum atomic E-state index is 5.31. The Morgan fingerprint density at radius 3 is 3.16 bits per heavy atom. The van der Waals surface area contributed by atoms with Crippen molar-refractivity contribution in [1.29, 1.82) is 0 Å². The number of nitrogens with one attached hydrogen (secondary N) is 1. The van der Waals surface area contributed by atoms with Crippen molar-refractivity contribution in [2.24, 2.45) is 0 Å². The van der Waals surface area contributed by atoms with E-state index >= 15 is 0 Å². The second-order valence-electron chi connectivity index (χ2n) is 4.78. The van der Waals surface area contributed by atoms with Crippen LogP contribution in [-0.2, 0) is 6.54 Å². The van der Waals surface area contributed by atoms with Crippen LogP contribution in [-0.4, -0.2) is 29.3 Å². The number of hydrogen-bond acceptors (Lipinski definition) is 5. The number of anilines is 1. The van der Waals surface area contributed by atoms with E-state index in [0.29, 0.717) is 6.04 Å². The first-order valence-corrected chi connectivity index (χ1v) is 6.71. The second-order valence-corrected chi connectivity index (χ2v) is 4.78. The Balaban J connectivity index is 1.55. The zero-order valence-electron chi connectivity index (χ0n) is 10.8. The maximum absolute atomic E-state index is 5.31. The minimum Gasteiger partial charge on any atom is -0.468 e. The SMILES string of the molecule is c1cnnc(N2CCC[C@H]2CNCc2ccco2)c1. The molecule has 5 nitrogen and oxygen atoms in total. The summed E-state index contributed by atoms with van der Waals surface area (Å²) in [7, 11) is 0. The largest absolute Gasteiger partial charge is 0.468 e. The van der Waals surface area contributed by atoms with Crippen molar-refractivity contribution in [3.63, 3.8) is 0 Å². The van der Waals surface area contributed by atoms with Gasteiger partial charge in [-0.15, -0.1) is 5.10 Å². The van der Waals surface area contributed by atoms with Crippen molar-refractivity contribution in [2.75, 3.05) is 18.0 Å². The van der Waals surface area contributed by atoms with Gasteiger partial charge in [-0.2, -0.15) is 5.10 Å². The Labute approximate surface area is 112 Å². The third kappa shape index (κ3) is 2.93. The highest BCUT2D eigenvalue weighted by Crippen LogP contribution is 2.22. The predicted molar refractivity (Wildman–Crippen MR) is 72.8 cm³/mol. The highest BCUT2D eigenvalue weighted by Gasteiger charge is 2.25. The van der Waals surface area contributed by atoms with Crippen LogP contribution >= 0.6 is 0 Å². The van der Waals surface area contributed by atoms with E-state index < -0.39 is 0 Å². The summed E-state index contributed by atoms with van der Waals surface area (Å²) in [5, 5.41) is 11.6. The number of nitrogens with zero attached hydrogens (tertiary/aromatic N) is 3. The van der Waals surface area contributed by atoms with E-state index in [9.17, 15) is 0 Å². The van der Waals surface area contributed by atoms with Crippen LogP contribution in [0.4, 0.5) is 5.82 Å². The molecule has 3 rings (SSSR count). The van der Waals surface area contributed by atoms with Crippen LogP contribution in [0.2, 0.25) is 0 Å². The molecule has 1 aliphatic heterocycles. The van der Waals surface area contributed by atoms with Gasteiger partial charge in [0.2, 0.25) is 0 Å². The normalized spacial score (nSPS) is 18.9. The van der Waals surface area contributed by atoms with Crippen molar-refractivity contribution in [1.82, 2.24) is 15.5 Å². The van der Waals surface area contributed by atoms with E-state index in [0.717, 1.165) is 31.2 Å². The van der Waals surface area contributed by atoms with E-state index in [2.05, 4.69) is 20.4 Å². The Kier molecular flexibility index (Phi) is 3.74. The van der Waals surface area contributed by atoms with Gasteiger partial charge >= 0.3 is 0 Å². The first-order chi connectivity index (χ1) is 9.43. The van der Waals surface area contributed by atoms with Crippen LogP contribution in [0.25, 0.3) is 0 Å². The monoisotopic (exact) mass is 258 g/mol. The average molecular weight is 258 g/mol. The van der Waals surface area contributed by atoms with Crippen LogP contribution < -0.4 is 10.2 Å². The Morgan fingerprint density at radius 2 is 2.37 bits per heavy atom. The van der Waals surface area contributed by atoms with Gasteiger partial charge in [0.1, 0.15) is 5.76 Å². The van der Waals surface area contributed by atoms with Crippen LogP contribution in [0.1, 0.15) is 18.6 Å². The highest BCUT2D eigenvalue weighted by atomic mass is 16.3. The standard InChI is InChI=1S/C14H18N4O/c1-6-14(17-16-7-1)18-8-2-4-12(18)10-15-11-13-5-3-9-19-13/h1,3,5-7,9,12,15H,2,4,8,10-11H2/t12-/m0/s1. The van der Waals surface area contributed by atoms with E-state index in [1.54, 1.807) is 12.5 Å². The first-order valence-electron chi connectivity index (χ1n) is 6.71. The molecule has 1 N–H and O–H groups in total. The third-order valence-corrected chi connectivity index (χ3v) is 3.49. The molecule has 0 spiro atoms. The topological polar surface area (TPSA) is 54.2 Å². The maximum Gasteiger partial charge on any atom is 0.151 e. The molecule has 0 bridgehead atoms. The molecule has 0 amide bonds. The predicted octanol–water partition coefficient (Wildman–Crippen LogP) is 1.83. The smallest absolute Gasteiger partial charge is 0.151 e. The molecule has 1 atom stereocenters.